The van der Waals surface area contributed by atoms with Gasteiger partial charge in [-0.05, 0) is 56.1 Å². The molecule has 7 aromatic carbocycles. The number of aliphatic imine (C=N–C) groups is 2. The Hall–Kier alpha value is -7.06. The van der Waals surface area contributed by atoms with Gasteiger partial charge in [-0.25, -0.2) is 4.99 Å². The first kappa shape index (κ1) is 36.9. The number of amidine groups is 1. The second-order valence-corrected chi connectivity index (χ2v) is 14.0. The zero-order valence-electron chi connectivity index (χ0n) is 31.5. The number of benzene rings is 7. The highest BCUT2D eigenvalue weighted by Gasteiger charge is 2.20. The molecule has 1 aliphatic rings. The lowest BCUT2D eigenvalue weighted by atomic mass is 10.0. The van der Waals surface area contributed by atoms with E-state index < -0.39 is 12.3 Å². The Morgan fingerprint density at radius 3 is 1.60 bits per heavy atom. The Labute approximate surface area is 334 Å². The Bertz CT molecular complexity index is 2450. The van der Waals surface area contributed by atoms with Crippen LogP contribution in [0.1, 0.15) is 51.8 Å². The predicted octanol–water partition coefficient (Wildman–Crippen LogP) is 9.50. The van der Waals surface area contributed by atoms with E-state index in [1.165, 1.54) is 11.1 Å². The Kier molecular flexibility index (Phi) is 11.4. The van der Waals surface area contributed by atoms with Gasteiger partial charge in [0.15, 0.2) is 5.96 Å². The van der Waals surface area contributed by atoms with Crippen molar-refractivity contribution in [3.8, 4) is 22.3 Å². The van der Waals surface area contributed by atoms with Crippen LogP contribution in [0.15, 0.2) is 210 Å². The number of nitrogens with one attached hydrogen (secondary N) is 3. The van der Waals surface area contributed by atoms with E-state index in [1.54, 1.807) is 0 Å². The first-order chi connectivity index (χ1) is 28.1. The van der Waals surface area contributed by atoms with Crippen molar-refractivity contribution in [2.75, 3.05) is 0 Å². The van der Waals surface area contributed by atoms with Gasteiger partial charge in [0.1, 0.15) is 18.2 Å². The summed E-state index contributed by atoms with van der Waals surface area (Å²) >= 11 is 0. The molecule has 7 nitrogen and oxygen atoms in total. The molecule has 0 saturated heterocycles. The molecular weight excluding hydrogens is 699 g/mol. The summed E-state index contributed by atoms with van der Waals surface area (Å²) in [6, 6.07) is 66.0. The van der Waals surface area contributed by atoms with Gasteiger partial charge in [0, 0.05) is 11.3 Å². The zero-order valence-corrected chi connectivity index (χ0v) is 31.5. The highest BCUT2D eigenvalue weighted by molar-refractivity contribution is 5.99. The summed E-state index contributed by atoms with van der Waals surface area (Å²) in [5, 5.41) is 10.4. The molecule has 1 aliphatic heterocycles. The van der Waals surface area contributed by atoms with Gasteiger partial charge in [-0.1, -0.05) is 194 Å². The van der Waals surface area contributed by atoms with Crippen molar-refractivity contribution >= 4 is 17.5 Å². The van der Waals surface area contributed by atoms with E-state index in [0.717, 1.165) is 50.2 Å². The maximum Gasteiger partial charge on any atom is 0.198 e. The Morgan fingerprint density at radius 1 is 0.544 bits per heavy atom. The van der Waals surface area contributed by atoms with Crippen molar-refractivity contribution in [1.82, 2.24) is 16.0 Å². The average Bonchev–Trinajstić information content (AvgIpc) is 3.29. The molecule has 57 heavy (non-hydrogen) atoms. The Balaban J connectivity index is 1.02. The van der Waals surface area contributed by atoms with Gasteiger partial charge in [0.05, 0.1) is 12.6 Å². The number of nitrogens with two attached hydrogens (primary N) is 2. The molecule has 0 fully saturated rings. The molecule has 7 N–H and O–H groups in total. The van der Waals surface area contributed by atoms with Crippen molar-refractivity contribution in [3.63, 3.8) is 0 Å². The molecule has 0 aromatic heterocycles. The molecule has 0 radical (unpaired) electrons. The van der Waals surface area contributed by atoms with Crippen LogP contribution in [-0.4, -0.2) is 11.8 Å². The van der Waals surface area contributed by atoms with Gasteiger partial charge in [-0.2, -0.15) is 0 Å². The van der Waals surface area contributed by atoms with E-state index in [4.69, 9.17) is 21.5 Å². The summed E-state index contributed by atoms with van der Waals surface area (Å²) in [7, 11) is 0. The fraction of sp³-hybridized carbons (Fsp3) is 0.0800. The predicted molar refractivity (Wildman–Crippen MR) is 235 cm³/mol. The van der Waals surface area contributed by atoms with Crippen LogP contribution in [0.4, 0.5) is 0 Å². The van der Waals surface area contributed by atoms with Crippen LogP contribution in [0.25, 0.3) is 28.0 Å². The second-order valence-electron chi connectivity index (χ2n) is 14.0. The number of nitrogens with zero attached hydrogens (tertiary/aromatic N) is 2. The van der Waals surface area contributed by atoms with Gasteiger partial charge in [0.2, 0.25) is 0 Å². The van der Waals surface area contributed by atoms with Crippen LogP contribution in [0.3, 0.4) is 0 Å². The highest BCUT2D eigenvalue weighted by atomic mass is 15.2. The number of rotatable bonds is 11. The van der Waals surface area contributed by atoms with Crippen molar-refractivity contribution in [3.05, 3.63) is 234 Å². The third-order valence-electron chi connectivity index (χ3n) is 10.1. The molecule has 8 rings (SSSR count). The van der Waals surface area contributed by atoms with E-state index in [1.807, 2.05) is 84.9 Å². The maximum absolute atomic E-state index is 6.82. The molecule has 280 valence electrons. The monoisotopic (exact) mass is 743 g/mol. The molecular formula is C50H45N7. The van der Waals surface area contributed by atoms with Crippen LogP contribution >= 0.6 is 0 Å². The normalized spacial score (nSPS) is 15.1. The maximum atomic E-state index is 6.82. The molecule has 7 aromatic rings. The number of hydrogen-bond acceptors (Lipinski definition) is 6. The summed E-state index contributed by atoms with van der Waals surface area (Å²) in [5.41, 5.74) is 25.2. The van der Waals surface area contributed by atoms with Crippen molar-refractivity contribution < 1.29 is 0 Å². The second kappa shape index (κ2) is 17.6. The molecule has 0 spiro atoms. The van der Waals surface area contributed by atoms with Gasteiger partial charge in [-0.15, -0.1) is 0 Å². The number of guanidine groups is 1. The van der Waals surface area contributed by atoms with E-state index in [2.05, 4.69) is 131 Å². The lowest BCUT2D eigenvalue weighted by molar-refractivity contribution is 0.660. The standard InChI is InChI=1S/C50H45N7/c51-47(42-27-25-39(26-28-42)37-15-7-2-8-16-37)56-49(53-34-35-21-23-38(24-22-35)36-13-5-1-6-14-36)44-31-29-43(30-32-44)48(52)57-50-54-45(40-17-9-3-10-18-40)33-46(55-50)41-19-11-4-12-20-41/h1-33,45,47-48H,34,51-52H2,(H,53,56)(H2,54,55,57). The van der Waals surface area contributed by atoms with Gasteiger partial charge >= 0.3 is 0 Å². The van der Waals surface area contributed by atoms with E-state index in [-0.39, 0.29) is 6.04 Å². The molecule has 0 amide bonds. The summed E-state index contributed by atoms with van der Waals surface area (Å²) in [4.78, 5) is 10.1. The van der Waals surface area contributed by atoms with E-state index in [0.29, 0.717) is 18.3 Å². The van der Waals surface area contributed by atoms with Crippen LogP contribution < -0.4 is 27.4 Å². The first-order valence-corrected chi connectivity index (χ1v) is 19.2. The molecule has 3 unspecified atom stereocenters. The first-order valence-electron chi connectivity index (χ1n) is 19.2. The zero-order chi connectivity index (χ0) is 38.8. The third kappa shape index (κ3) is 9.26. The number of hydrogen-bond donors (Lipinski definition) is 5. The Morgan fingerprint density at radius 2 is 1.02 bits per heavy atom. The van der Waals surface area contributed by atoms with Crippen LogP contribution in [0.5, 0.6) is 0 Å². The molecule has 0 saturated carbocycles. The summed E-state index contributed by atoms with van der Waals surface area (Å²) in [6.07, 6.45) is 1.13. The minimum Gasteiger partial charge on any atom is -0.351 e. The molecule has 1 heterocycles. The third-order valence-corrected chi connectivity index (χ3v) is 10.1. The smallest absolute Gasteiger partial charge is 0.198 e. The summed E-state index contributed by atoms with van der Waals surface area (Å²) in [5.74, 6) is 1.30. The van der Waals surface area contributed by atoms with E-state index >= 15 is 0 Å². The molecule has 3 atom stereocenters. The van der Waals surface area contributed by atoms with Crippen LogP contribution in [0.2, 0.25) is 0 Å². The van der Waals surface area contributed by atoms with Crippen LogP contribution in [0, 0.1) is 0 Å². The average molecular weight is 744 g/mol. The SMILES string of the molecule is NC(NC1=NC(c2ccccc2)C=C(c2ccccc2)N1)c1ccc(C(=NCc2ccc(-c3ccccc3)cc2)NC(N)c2ccc(-c3ccccc3)cc2)cc1. The minimum atomic E-state index is -0.529. The largest absolute Gasteiger partial charge is 0.351 e. The van der Waals surface area contributed by atoms with E-state index in [9.17, 15) is 0 Å². The minimum absolute atomic E-state index is 0.169. The molecule has 7 heteroatoms. The van der Waals surface area contributed by atoms with Gasteiger partial charge < -0.3 is 27.4 Å². The van der Waals surface area contributed by atoms with Gasteiger partial charge in [-0.3, -0.25) is 4.99 Å². The van der Waals surface area contributed by atoms with Crippen LogP contribution in [-0.2, 0) is 6.54 Å². The molecule has 0 bridgehead atoms. The van der Waals surface area contributed by atoms with Crippen molar-refractivity contribution in [2.45, 2.75) is 24.9 Å². The lowest BCUT2D eigenvalue weighted by Gasteiger charge is -2.26. The van der Waals surface area contributed by atoms with Gasteiger partial charge in [0.25, 0.3) is 0 Å². The summed E-state index contributed by atoms with van der Waals surface area (Å²) in [6.45, 7) is 0.477. The lowest BCUT2D eigenvalue weighted by Crippen LogP contribution is -2.43. The highest BCUT2D eigenvalue weighted by Crippen LogP contribution is 2.27. The fourth-order valence-corrected chi connectivity index (χ4v) is 6.86. The van der Waals surface area contributed by atoms with Crippen molar-refractivity contribution in [1.29, 1.82) is 0 Å². The summed E-state index contributed by atoms with van der Waals surface area (Å²) < 4.78 is 0. The fourth-order valence-electron chi connectivity index (χ4n) is 6.86. The van der Waals surface area contributed by atoms with Crippen molar-refractivity contribution in [2.24, 2.45) is 21.5 Å². The molecule has 0 aliphatic carbocycles. The topological polar surface area (TPSA) is 113 Å². The quantitative estimate of drug-likeness (QED) is 0.0515.